The average molecular weight is 462 g/mol. The zero-order chi connectivity index (χ0) is 23.0. The summed E-state index contributed by atoms with van der Waals surface area (Å²) in [5.41, 5.74) is 1.79. The Bertz CT molecular complexity index is 1280. The lowest BCUT2D eigenvalue weighted by molar-refractivity contribution is -0.134. The summed E-state index contributed by atoms with van der Waals surface area (Å²) >= 11 is 6.20. The van der Waals surface area contributed by atoms with E-state index in [9.17, 15) is 18.4 Å². The van der Waals surface area contributed by atoms with Crippen molar-refractivity contribution in [2.24, 2.45) is 0 Å². The van der Waals surface area contributed by atoms with Gasteiger partial charge in [-0.15, -0.1) is 0 Å². The molecule has 0 bridgehead atoms. The molecular weight excluding hydrogens is 444 g/mol. The number of hydrogen-bond acceptors (Lipinski definition) is 5. The van der Waals surface area contributed by atoms with E-state index < -0.39 is 23.8 Å². The van der Waals surface area contributed by atoms with Crippen molar-refractivity contribution in [2.75, 3.05) is 6.61 Å². The van der Waals surface area contributed by atoms with Crippen molar-refractivity contribution < 1.29 is 23.4 Å². The fourth-order valence-electron chi connectivity index (χ4n) is 3.56. The molecule has 1 aromatic heterocycles. The van der Waals surface area contributed by atoms with Crippen LogP contribution in [-0.4, -0.2) is 32.1 Å². The van der Waals surface area contributed by atoms with Gasteiger partial charge in [-0.3, -0.25) is 14.2 Å². The van der Waals surface area contributed by atoms with Gasteiger partial charge in [0.05, 0.1) is 5.69 Å². The number of carbonyl (C=O) groups is 1. The number of nitrogens with zero attached hydrogens (tertiary/aromatic N) is 3. The minimum atomic E-state index is -0.780. The second-order valence-electron chi connectivity index (χ2n) is 7.30. The lowest BCUT2D eigenvalue weighted by Crippen LogP contribution is -2.27. The van der Waals surface area contributed by atoms with Crippen LogP contribution in [0.4, 0.5) is 8.78 Å². The molecule has 166 valence electrons. The van der Waals surface area contributed by atoms with Crippen LogP contribution in [0.15, 0.2) is 41.2 Å². The first kappa shape index (κ1) is 21.9. The van der Waals surface area contributed by atoms with E-state index in [0.717, 1.165) is 23.3 Å². The Morgan fingerprint density at radius 2 is 1.94 bits per heavy atom. The average Bonchev–Trinajstić information content (AvgIpc) is 3.19. The van der Waals surface area contributed by atoms with E-state index in [0.29, 0.717) is 18.8 Å². The molecule has 1 aliphatic heterocycles. The standard InChI is InChI=1S/C22H18ClF2N3O4/c1-12-26-21(32-11-14-2-4-16(24)7-18(14)25)20(23)22(31)28(12)17-5-3-13-8-27(19(30)10-29)9-15(13)6-17/h2-7,29H,8-11H2,1H3. The maximum absolute atomic E-state index is 13.8. The molecule has 0 fully saturated rings. The van der Waals surface area contributed by atoms with Gasteiger partial charge in [-0.05, 0) is 42.3 Å². The molecule has 0 unspecified atom stereocenters. The third-order valence-corrected chi connectivity index (χ3v) is 5.53. The second-order valence-corrected chi connectivity index (χ2v) is 7.68. The molecular formula is C22H18ClF2N3O4. The molecule has 4 rings (SSSR count). The smallest absolute Gasteiger partial charge is 0.280 e. The predicted molar refractivity (Wildman–Crippen MR) is 112 cm³/mol. The van der Waals surface area contributed by atoms with E-state index >= 15 is 0 Å². The number of halogens is 3. The van der Waals surface area contributed by atoms with Crippen LogP contribution in [0.5, 0.6) is 5.88 Å². The number of aliphatic hydroxyl groups excluding tert-OH is 1. The molecule has 0 saturated heterocycles. The van der Waals surface area contributed by atoms with Gasteiger partial charge in [-0.2, -0.15) is 4.98 Å². The second kappa shape index (κ2) is 8.68. The molecule has 0 radical (unpaired) electrons. The number of aliphatic hydroxyl groups is 1. The Hall–Kier alpha value is -3.30. The highest BCUT2D eigenvalue weighted by Gasteiger charge is 2.24. The van der Waals surface area contributed by atoms with Crippen LogP contribution >= 0.6 is 11.6 Å². The lowest BCUT2D eigenvalue weighted by atomic mass is 10.1. The molecule has 0 atom stereocenters. The fraction of sp³-hybridized carbons (Fsp3) is 0.227. The normalized spacial score (nSPS) is 12.7. The predicted octanol–water partition coefficient (Wildman–Crippen LogP) is 2.89. The van der Waals surface area contributed by atoms with Crippen LogP contribution < -0.4 is 10.3 Å². The minimum Gasteiger partial charge on any atom is -0.471 e. The molecule has 2 aromatic carbocycles. The van der Waals surface area contributed by atoms with E-state index in [2.05, 4.69) is 4.98 Å². The Kier molecular flexibility index (Phi) is 5.94. The molecule has 3 aromatic rings. The third kappa shape index (κ3) is 4.09. The summed E-state index contributed by atoms with van der Waals surface area (Å²) in [4.78, 5) is 30.5. The molecule has 32 heavy (non-hydrogen) atoms. The Morgan fingerprint density at radius 1 is 1.19 bits per heavy atom. The fourth-order valence-corrected chi connectivity index (χ4v) is 3.74. The number of carbonyl (C=O) groups excluding carboxylic acids is 1. The SMILES string of the molecule is Cc1nc(OCc2ccc(F)cc2F)c(Cl)c(=O)n1-c1ccc2c(c1)CN(C(=O)CO)C2. The van der Waals surface area contributed by atoms with Gasteiger partial charge in [-0.1, -0.05) is 17.7 Å². The van der Waals surface area contributed by atoms with Crippen LogP contribution in [0.3, 0.4) is 0 Å². The molecule has 2 heterocycles. The van der Waals surface area contributed by atoms with Crippen molar-refractivity contribution in [1.82, 2.24) is 14.5 Å². The largest absolute Gasteiger partial charge is 0.471 e. The van der Waals surface area contributed by atoms with Crippen molar-refractivity contribution in [3.05, 3.63) is 85.9 Å². The van der Waals surface area contributed by atoms with Crippen LogP contribution in [0.25, 0.3) is 5.69 Å². The maximum atomic E-state index is 13.8. The molecule has 10 heteroatoms. The van der Waals surface area contributed by atoms with Crippen LogP contribution in [0.2, 0.25) is 5.02 Å². The highest BCUT2D eigenvalue weighted by molar-refractivity contribution is 6.31. The molecule has 1 N–H and O–H groups in total. The van der Waals surface area contributed by atoms with Gasteiger partial charge in [0.2, 0.25) is 11.8 Å². The summed E-state index contributed by atoms with van der Waals surface area (Å²) in [7, 11) is 0. The van der Waals surface area contributed by atoms with Gasteiger partial charge < -0.3 is 14.7 Å². The molecule has 0 saturated carbocycles. The molecule has 0 aliphatic carbocycles. The van der Waals surface area contributed by atoms with Gasteiger partial charge in [0.25, 0.3) is 5.56 Å². The molecule has 0 spiro atoms. The van der Waals surface area contributed by atoms with Crippen molar-refractivity contribution >= 4 is 17.5 Å². The first-order valence-corrected chi connectivity index (χ1v) is 10.0. The molecule has 7 nitrogen and oxygen atoms in total. The Balaban J connectivity index is 1.61. The minimum absolute atomic E-state index is 0.0895. The maximum Gasteiger partial charge on any atom is 0.280 e. The topological polar surface area (TPSA) is 84.7 Å². The summed E-state index contributed by atoms with van der Waals surface area (Å²) in [6.07, 6.45) is 0. The van der Waals surface area contributed by atoms with Crippen LogP contribution in [0, 0.1) is 18.6 Å². The van der Waals surface area contributed by atoms with Crippen molar-refractivity contribution in [3.63, 3.8) is 0 Å². The highest BCUT2D eigenvalue weighted by atomic mass is 35.5. The number of benzene rings is 2. The zero-order valence-electron chi connectivity index (χ0n) is 16.9. The number of hydrogen-bond donors (Lipinski definition) is 1. The molecule has 1 amide bonds. The van der Waals surface area contributed by atoms with Gasteiger partial charge in [0.1, 0.15) is 30.7 Å². The first-order valence-electron chi connectivity index (χ1n) is 9.65. The summed E-state index contributed by atoms with van der Waals surface area (Å²) in [5.74, 6) is -1.73. The number of amides is 1. The Morgan fingerprint density at radius 3 is 2.66 bits per heavy atom. The number of ether oxygens (including phenoxy) is 1. The van der Waals surface area contributed by atoms with E-state index in [-0.39, 0.29) is 34.8 Å². The summed E-state index contributed by atoms with van der Waals surface area (Å²) < 4.78 is 33.6. The quantitative estimate of drug-likeness (QED) is 0.631. The van der Waals surface area contributed by atoms with Crippen LogP contribution in [0.1, 0.15) is 22.5 Å². The summed E-state index contributed by atoms with van der Waals surface area (Å²) in [6.45, 7) is 1.45. The molecule has 1 aliphatic rings. The van der Waals surface area contributed by atoms with Gasteiger partial charge >= 0.3 is 0 Å². The van der Waals surface area contributed by atoms with E-state index in [1.165, 1.54) is 15.5 Å². The third-order valence-electron chi connectivity index (χ3n) is 5.20. The first-order chi connectivity index (χ1) is 15.3. The number of rotatable bonds is 5. The van der Waals surface area contributed by atoms with E-state index in [1.54, 1.807) is 25.1 Å². The Labute approximate surface area is 186 Å². The van der Waals surface area contributed by atoms with Crippen molar-refractivity contribution in [1.29, 1.82) is 0 Å². The number of aromatic nitrogens is 2. The van der Waals surface area contributed by atoms with Crippen LogP contribution in [-0.2, 0) is 24.5 Å². The highest BCUT2D eigenvalue weighted by Crippen LogP contribution is 2.27. The monoisotopic (exact) mass is 461 g/mol. The van der Waals surface area contributed by atoms with Crippen molar-refractivity contribution in [2.45, 2.75) is 26.6 Å². The van der Waals surface area contributed by atoms with Gasteiger partial charge in [0.15, 0.2) is 5.02 Å². The van der Waals surface area contributed by atoms with E-state index in [4.69, 9.17) is 21.4 Å². The zero-order valence-corrected chi connectivity index (χ0v) is 17.7. The lowest BCUT2D eigenvalue weighted by Gasteiger charge is -2.14. The summed E-state index contributed by atoms with van der Waals surface area (Å²) in [6, 6.07) is 8.36. The number of fused-ring (bicyclic) bond motifs is 1. The van der Waals surface area contributed by atoms with Gasteiger partial charge in [-0.25, -0.2) is 8.78 Å². The number of aryl methyl sites for hydroxylation is 1. The van der Waals surface area contributed by atoms with Crippen molar-refractivity contribution in [3.8, 4) is 11.6 Å². The summed E-state index contributed by atoms with van der Waals surface area (Å²) in [5, 5.41) is 8.79. The van der Waals surface area contributed by atoms with E-state index in [1.807, 2.05) is 0 Å². The van der Waals surface area contributed by atoms with Gasteiger partial charge in [0, 0.05) is 24.7 Å².